The topological polar surface area (TPSA) is 134 Å². The van der Waals surface area contributed by atoms with Gasteiger partial charge in [0.25, 0.3) is 5.56 Å². The first kappa shape index (κ1) is 31.6. The van der Waals surface area contributed by atoms with Crippen molar-refractivity contribution in [3.63, 3.8) is 0 Å². The predicted octanol–water partition coefficient (Wildman–Crippen LogP) is 2.88. The van der Waals surface area contributed by atoms with E-state index in [1.54, 1.807) is 42.8 Å². The van der Waals surface area contributed by atoms with Crippen LogP contribution in [0.25, 0.3) is 15.2 Å². The first-order valence-corrected chi connectivity index (χ1v) is 15.8. The van der Waals surface area contributed by atoms with Crippen molar-refractivity contribution in [2.45, 2.75) is 71.1 Å². The molecule has 12 nitrogen and oxygen atoms in total. The maximum absolute atomic E-state index is 14.0. The van der Waals surface area contributed by atoms with Gasteiger partial charge in [-0.15, -0.1) is 4.80 Å². The summed E-state index contributed by atoms with van der Waals surface area (Å²) < 4.78 is 13.2. The zero-order chi connectivity index (χ0) is 31.4. The number of para-hydroxylation sites is 1. The lowest BCUT2D eigenvalue weighted by molar-refractivity contribution is -0.138. The lowest BCUT2D eigenvalue weighted by atomic mass is 10.0. The van der Waals surface area contributed by atoms with Crippen molar-refractivity contribution in [3.8, 4) is 10.8 Å². The lowest BCUT2D eigenvalue weighted by Crippen LogP contribution is -2.56. The number of nitrogens with zero attached hydrogens (tertiary/aromatic N) is 6. The molecule has 236 valence electrons. The van der Waals surface area contributed by atoms with Gasteiger partial charge in [-0.05, 0) is 64.5 Å². The number of aliphatic hydroxyl groups is 1. The molecule has 2 aliphatic heterocycles. The quantitative estimate of drug-likeness (QED) is 0.332. The van der Waals surface area contributed by atoms with Gasteiger partial charge < -0.3 is 19.5 Å². The Morgan fingerprint density at radius 2 is 1.77 bits per heavy atom. The van der Waals surface area contributed by atoms with E-state index in [1.165, 1.54) is 16.1 Å². The van der Waals surface area contributed by atoms with Crippen LogP contribution in [0.1, 0.15) is 50.7 Å². The summed E-state index contributed by atoms with van der Waals surface area (Å²) in [5.41, 5.74) is -0.718. The molecule has 44 heavy (non-hydrogen) atoms. The molecule has 1 amide bonds. The fraction of sp³-hybridized carbons (Fsp3) is 0.516. The molecule has 0 spiro atoms. The number of benzene rings is 1. The minimum Gasteiger partial charge on any atom is -0.496 e. The largest absolute Gasteiger partial charge is 0.496 e. The highest BCUT2D eigenvalue weighted by atomic mass is 32.1. The third-order valence-corrected chi connectivity index (χ3v) is 9.53. The van der Waals surface area contributed by atoms with E-state index in [2.05, 4.69) is 10.2 Å². The van der Waals surface area contributed by atoms with Gasteiger partial charge in [-0.3, -0.25) is 14.2 Å². The standard InChI is InChI=1S/C26H30N6O4S.C5H10O2/c1-17-20-21(33)31(26(2,3)24(34)29-14-7-8-15-29)25(35)30(16-11-18-9-5-6-10-19(18)36-4)23(20)37-22(17)32-27-12-13-28-32;6-5-1-3-7-4-2-5/h5-6,9-10,12-13H,7-8,11,14-16H2,1-4H3;5-6H,1-4H2. The molecule has 0 radical (unpaired) electrons. The van der Waals surface area contributed by atoms with Gasteiger partial charge in [0.05, 0.1) is 31.0 Å². The highest BCUT2D eigenvalue weighted by Crippen LogP contribution is 2.31. The third-order valence-electron chi connectivity index (χ3n) is 8.25. The Morgan fingerprint density at radius 1 is 1.11 bits per heavy atom. The van der Waals surface area contributed by atoms with E-state index >= 15 is 0 Å². The number of hydrogen-bond acceptors (Lipinski definition) is 9. The maximum atomic E-state index is 14.0. The number of likely N-dealkylation sites (tertiary alicyclic amines) is 1. The number of carbonyl (C=O) groups excluding carboxylic acids is 1. The molecule has 0 saturated carbocycles. The van der Waals surface area contributed by atoms with Crippen LogP contribution in [0.2, 0.25) is 0 Å². The molecule has 5 heterocycles. The third kappa shape index (κ3) is 6.21. The summed E-state index contributed by atoms with van der Waals surface area (Å²) in [5, 5.41) is 18.4. The van der Waals surface area contributed by atoms with Crippen LogP contribution in [0, 0.1) is 6.92 Å². The second kappa shape index (κ2) is 13.4. The molecule has 4 aromatic rings. The monoisotopic (exact) mass is 624 g/mol. The van der Waals surface area contributed by atoms with Crippen LogP contribution >= 0.6 is 11.3 Å². The van der Waals surface area contributed by atoms with Gasteiger partial charge in [0.2, 0.25) is 5.91 Å². The van der Waals surface area contributed by atoms with E-state index < -0.39 is 16.8 Å². The van der Waals surface area contributed by atoms with E-state index in [0.717, 1.165) is 54.8 Å². The van der Waals surface area contributed by atoms with Crippen LogP contribution in [0.3, 0.4) is 0 Å². The van der Waals surface area contributed by atoms with E-state index in [0.29, 0.717) is 46.8 Å². The average molecular weight is 625 g/mol. The number of amides is 1. The van der Waals surface area contributed by atoms with Crippen LogP contribution < -0.4 is 16.0 Å². The lowest BCUT2D eigenvalue weighted by Gasteiger charge is -2.31. The molecule has 0 atom stereocenters. The smallest absolute Gasteiger partial charge is 0.333 e. The fourth-order valence-corrected chi connectivity index (χ4v) is 7.00. The number of thiophene rings is 1. The molecule has 0 bridgehead atoms. The summed E-state index contributed by atoms with van der Waals surface area (Å²) >= 11 is 1.30. The molecule has 1 aromatic carbocycles. The average Bonchev–Trinajstić information content (AvgIpc) is 3.80. The number of ether oxygens (including phenoxy) is 2. The number of rotatable bonds is 7. The summed E-state index contributed by atoms with van der Waals surface area (Å²) in [4.78, 5) is 45.3. The van der Waals surface area contributed by atoms with Gasteiger partial charge in [0.1, 0.15) is 21.1 Å². The number of aliphatic hydroxyl groups excluding tert-OH is 1. The second-order valence-electron chi connectivity index (χ2n) is 11.6. The van der Waals surface area contributed by atoms with E-state index in [-0.39, 0.29) is 12.0 Å². The highest BCUT2D eigenvalue weighted by Gasteiger charge is 2.39. The molecule has 0 unspecified atom stereocenters. The van der Waals surface area contributed by atoms with Crippen LogP contribution in [0.5, 0.6) is 5.75 Å². The summed E-state index contributed by atoms with van der Waals surface area (Å²) in [6.45, 7) is 8.18. The Hall–Kier alpha value is -3.81. The first-order valence-electron chi connectivity index (χ1n) is 15.0. The highest BCUT2D eigenvalue weighted by molar-refractivity contribution is 7.21. The normalized spacial score (nSPS) is 15.8. The molecule has 1 N–H and O–H groups in total. The summed E-state index contributed by atoms with van der Waals surface area (Å²) in [6, 6.07) is 7.65. The molecule has 2 aliphatic rings. The Bertz CT molecular complexity index is 1710. The summed E-state index contributed by atoms with van der Waals surface area (Å²) in [6.07, 6.45) is 7.02. The number of aromatic nitrogens is 5. The minimum atomic E-state index is -1.35. The van der Waals surface area contributed by atoms with Gasteiger partial charge in [0, 0.05) is 38.4 Å². The number of aryl methyl sites for hydroxylation is 3. The fourth-order valence-electron chi connectivity index (χ4n) is 5.77. The number of hydrogen-bond donors (Lipinski definition) is 1. The first-order chi connectivity index (χ1) is 21.1. The summed E-state index contributed by atoms with van der Waals surface area (Å²) in [7, 11) is 1.61. The van der Waals surface area contributed by atoms with Crippen molar-refractivity contribution in [1.29, 1.82) is 0 Å². The molecular formula is C31H40N6O6S. The minimum absolute atomic E-state index is 0.0891. The number of methoxy groups -OCH3 is 1. The van der Waals surface area contributed by atoms with E-state index in [1.807, 2.05) is 31.2 Å². The molecule has 6 rings (SSSR count). The Morgan fingerprint density at radius 3 is 2.39 bits per heavy atom. The van der Waals surface area contributed by atoms with Crippen molar-refractivity contribution in [1.82, 2.24) is 29.0 Å². The van der Waals surface area contributed by atoms with Crippen LogP contribution in [0.15, 0.2) is 46.2 Å². The van der Waals surface area contributed by atoms with Gasteiger partial charge in [-0.1, -0.05) is 29.5 Å². The zero-order valence-corrected chi connectivity index (χ0v) is 26.5. The maximum Gasteiger partial charge on any atom is 0.333 e. The van der Waals surface area contributed by atoms with E-state index in [4.69, 9.17) is 14.6 Å². The molecule has 3 aromatic heterocycles. The Kier molecular flexibility index (Phi) is 9.66. The van der Waals surface area contributed by atoms with Crippen LogP contribution in [-0.2, 0) is 28.0 Å². The van der Waals surface area contributed by atoms with Crippen molar-refractivity contribution < 1.29 is 19.4 Å². The molecular weight excluding hydrogens is 584 g/mol. The second-order valence-corrected chi connectivity index (χ2v) is 12.5. The van der Waals surface area contributed by atoms with Crippen LogP contribution in [-0.4, -0.2) is 79.6 Å². The molecule has 0 aliphatic carbocycles. The van der Waals surface area contributed by atoms with Crippen molar-refractivity contribution in [2.24, 2.45) is 0 Å². The van der Waals surface area contributed by atoms with Gasteiger partial charge in [0.15, 0.2) is 0 Å². The SMILES string of the molecule is COc1ccccc1CCn1c(=O)n(C(C)(C)C(=O)N2CCCC2)c(=O)c2c(C)c(-n3nccn3)sc21.OC1CCOCC1. The van der Waals surface area contributed by atoms with Crippen molar-refractivity contribution in [3.05, 3.63) is 68.6 Å². The zero-order valence-electron chi connectivity index (χ0n) is 25.7. The van der Waals surface area contributed by atoms with Crippen molar-refractivity contribution >= 4 is 27.5 Å². The molecule has 2 saturated heterocycles. The van der Waals surface area contributed by atoms with Gasteiger partial charge in [-0.2, -0.15) is 10.2 Å². The Labute approximate surface area is 259 Å². The van der Waals surface area contributed by atoms with Crippen LogP contribution in [0.4, 0.5) is 0 Å². The van der Waals surface area contributed by atoms with Crippen molar-refractivity contribution in [2.75, 3.05) is 33.4 Å². The summed E-state index contributed by atoms with van der Waals surface area (Å²) in [5.74, 6) is 0.509. The molecule has 2 fully saturated rings. The van der Waals surface area contributed by atoms with Gasteiger partial charge >= 0.3 is 5.69 Å². The van der Waals surface area contributed by atoms with E-state index in [9.17, 15) is 14.4 Å². The van der Waals surface area contributed by atoms with Gasteiger partial charge in [-0.25, -0.2) is 9.36 Å². The number of fused-ring (bicyclic) bond motifs is 1. The predicted molar refractivity (Wildman–Crippen MR) is 168 cm³/mol. The Balaban J connectivity index is 0.000000484. The number of carbonyl (C=O) groups is 1. The molecule has 13 heteroatoms.